The van der Waals surface area contributed by atoms with Gasteiger partial charge in [0.2, 0.25) is 0 Å². The normalized spacial score (nSPS) is 9.35. The quantitative estimate of drug-likeness (QED) is 0.253. The second-order valence-corrected chi connectivity index (χ2v) is 5.98. The first-order chi connectivity index (χ1) is 13.9. The second-order valence-electron chi connectivity index (χ2n) is 5.98. The van der Waals surface area contributed by atoms with Gasteiger partial charge in [0.25, 0.3) is 0 Å². The summed E-state index contributed by atoms with van der Waals surface area (Å²) in [5, 5.41) is 19.6. The maximum absolute atomic E-state index is 10.6. The van der Waals surface area contributed by atoms with Crippen molar-refractivity contribution in [1.82, 2.24) is 0 Å². The minimum atomic E-state index is -1.41. The maximum atomic E-state index is 10.6. The molecule has 0 aliphatic heterocycles. The van der Waals surface area contributed by atoms with Gasteiger partial charge in [-0.1, -0.05) is 53.4 Å². The van der Waals surface area contributed by atoms with Crippen molar-refractivity contribution in [3.05, 3.63) is 38.2 Å². The molecule has 4 radical (unpaired) electrons. The van der Waals surface area contributed by atoms with Crippen LogP contribution in [0.1, 0.15) is 67.2 Å². The summed E-state index contributed by atoms with van der Waals surface area (Å²) < 4.78 is 9.17. The molecule has 0 aromatic rings. The van der Waals surface area contributed by atoms with Crippen molar-refractivity contribution in [3.63, 3.8) is 0 Å². The van der Waals surface area contributed by atoms with Crippen LogP contribution in [0.15, 0.2) is 24.3 Å². The molecule has 0 N–H and O–H groups in total. The Morgan fingerprint density at radius 3 is 1.06 bits per heavy atom. The number of carboxylic acids is 2. The van der Waals surface area contributed by atoms with E-state index in [9.17, 15) is 29.4 Å². The molecule has 176 valence electrons. The third kappa shape index (κ3) is 58.4. The fourth-order valence-electron chi connectivity index (χ4n) is 0.815. The third-order valence-electron chi connectivity index (χ3n) is 2.12. The van der Waals surface area contributed by atoms with E-state index in [-0.39, 0.29) is 36.1 Å². The first-order valence-electron chi connectivity index (χ1n) is 9.65. The molecule has 0 heterocycles. The van der Waals surface area contributed by atoms with E-state index in [1.165, 1.54) is 12.8 Å². The molecule has 9 heteroatoms. The summed E-state index contributed by atoms with van der Waals surface area (Å²) in [6.45, 7) is 18.1. The van der Waals surface area contributed by atoms with Gasteiger partial charge in [0.1, 0.15) is 0 Å². The average molecular weight is 547 g/mol. The van der Waals surface area contributed by atoms with Crippen molar-refractivity contribution in [1.29, 1.82) is 0 Å². The van der Waals surface area contributed by atoms with Crippen molar-refractivity contribution >= 4 is 47.8 Å². The Labute approximate surface area is 204 Å². The molecule has 31 heavy (non-hydrogen) atoms. The van der Waals surface area contributed by atoms with Crippen molar-refractivity contribution in [2.75, 3.05) is 0 Å². The van der Waals surface area contributed by atoms with Crippen LogP contribution in [0.2, 0.25) is 0 Å². The number of unbranched alkanes of at least 4 members (excludes halogenated alkanes) is 2. The fourth-order valence-corrected chi connectivity index (χ4v) is 0.815. The van der Waals surface area contributed by atoms with Crippen LogP contribution in [0.3, 0.4) is 0 Å². The van der Waals surface area contributed by atoms with E-state index >= 15 is 0 Å². The Morgan fingerprint density at radius 2 is 0.935 bits per heavy atom. The van der Waals surface area contributed by atoms with E-state index in [0.29, 0.717) is 12.2 Å². The minimum absolute atomic E-state index is 0. The summed E-state index contributed by atoms with van der Waals surface area (Å²) in [4.78, 5) is 40.7. The van der Waals surface area contributed by atoms with Crippen LogP contribution in [0.25, 0.3) is 0 Å². The first-order valence-corrected chi connectivity index (χ1v) is 9.65. The molecule has 0 aliphatic rings. The summed E-state index contributed by atoms with van der Waals surface area (Å²) in [6, 6.07) is 0. The Hall–Kier alpha value is -1.84. The summed E-state index contributed by atoms with van der Waals surface area (Å²) in [5.41, 5.74) is 0. The number of rotatable bonds is 8. The topological polar surface area (TPSA) is 133 Å². The molecule has 0 fully saturated rings. The van der Waals surface area contributed by atoms with E-state index in [0.717, 1.165) is 25.0 Å². The summed E-state index contributed by atoms with van der Waals surface area (Å²) in [6.07, 6.45) is 6.96. The molecule has 0 bridgehead atoms. The number of carbonyl (C=O) groups excluding carboxylic acids is 4. The molecule has 0 aromatic carbocycles. The third-order valence-corrected chi connectivity index (χ3v) is 2.12. The Morgan fingerprint density at radius 1 is 0.710 bits per heavy atom. The summed E-state index contributed by atoms with van der Waals surface area (Å²) in [7, 11) is 0. The Bertz CT molecular complexity index is 462. The zero-order valence-corrected chi connectivity index (χ0v) is 22.3. The molecule has 0 aromatic heterocycles. The van der Waals surface area contributed by atoms with E-state index < -0.39 is 23.9 Å². The molecule has 0 saturated heterocycles. The molecule has 0 aliphatic carbocycles. The molecule has 8 nitrogen and oxygen atoms in total. The predicted octanol–water partition coefficient (Wildman–Crippen LogP) is 1.35. The van der Waals surface area contributed by atoms with E-state index in [1.54, 1.807) is 27.7 Å². The van der Waals surface area contributed by atoms with Gasteiger partial charge in [-0.3, -0.25) is 0 Å². The van der Waals surface area contributed by atoms with Gasteiger partial charge in [-0.25, -0.2) is 9.59 Å². The maximum Gasteiger partial charge on any atom is 2.00 e. The van der Waals surface area contributed by atoms with Crippen LogP contribution >= 0.6 is 0 Å². The molecular weight excluding hydrogens is 511 g/mol. The van der Waals surface area contributed by atoms with Gasteiger partial charge in [0.05, 0.1) is 24.1 Å². The van der Waals surface area contributed by atoms with E-state index in [4.69, 9.17) is 0 Å². The number of aliphatic carboxylic acids is 2. The predicted molar refractivity (Wildman–Crippen MR) is 117 cm³/mol. The minimum Gasteiger partial charge on any atom is -0.545 e. The molecular formula is C22H36O8Sn. The zero-order valence-electron chi connectivity index (χ0n) is 19.5. The van der Waals surface area contributed by atoms with Gasteiger partial charge in [0, 0.05) is 12.2 Å². The summed E-state index contributed by atoms with van der Waals surface area (Å²) >= 11 is 0. The number of ether oxygens (including phenoxy) is 2. The van der Waals surface area contributed by atoms with Crippen molar-refractivity contribution in [2.24, 2.45) is 0 Å². The van der Waals surface area contributed by atoms with Crippen LogP contribution in [0.4, 0.5) is 0 Å². The van der Waals surface area contributed by atoms with E-state index in [2.05, 4.69) is 37.2 Å². The van der Waals surface area contributed by atoms with Crippen molar-refractivity contribution < 1.29 is 38.9 Å². The zero-order chi connectivity index (χ0) is 24.5. The second kappa shape index (κ2) is 30.4. The molecule has 0 saturated carbocycles. The van der Waals surface area contributed by atoms with Gasteiger partial charge in [0.15, 0.2) is 0 Å². The molecule has 0 spiro atoms. The van der Waals surface area contributed by atoms with Crippen LogP contribution in [0.5, 0.6) is 0 Å². The number of hydrogen-bond donors (Lipinski definition) is 0. The summed E-state index contributed by atoms with van der Waals surface area (Å²) in [5.74, 6) is -4.18. The van der Waals surface area contributed by atoms with Gasteiger partial charge in [-0.2, -0.15) is 0 Å². The number of carbonyl (C=O) groups is 4. The average Bonchev–Trinajstić information content (AvgIpc) is 2.64. The molecule has 0 amide bonds. The van der Waals surface area contributed by atoms with E-state index in [1.807, 2.05) is 0 Å². The van der Waals surface area contributed by atoms with Crippen molar-refractivity contribution in [3.8, 4) is 0 Å². The van der Waals surface area contributed by atoms with Crippen LogP contribution in [-0.2, 0) is 28.7 Å². The molecule has 0 rings (SSSR count). The largest absolute Gasteiger partial charge is 2.00 e. The monoisotopic (exact) mass is 548 g/mol. The Kier molecular flexibility index (Phi) is 38.8. The van der Waals surface area contributed by atoms with Gasteiger partial charge in [-0.05, 0) is 39.8 Å². The first kappa shape index (κ1) is 39.6. The van der Waals surface area contributed by atoms with Gasteiger partial charge < -0.3 is 29.3 Å². The fraction of sp³-hybridized carbons (Fsp3) is 0.545. The standard InChI is InChI=1S/2C7H10O4.2C4H9.Sn/c2*1-5(2)11-7(10)4-3-6(8)9;2*1-3-4-2;/h2*3-5H,1-2H3,(H,8,9);2*1,3-4H2,2H3;/q;;;;+2/p-2/b2*4-3+;;;. The molecule has 0 unspecified atom stereocenters. The van der Waals surface area contributed by atoms with Crippen molar-refractivity contribution in [2.45, 2.75) is 79.4 Å². The smallest absolute Gasteiger partial charge is 0.545 e. The molecule has 0 atom stereocenters. The number of carboxylic acid groups (broad SMARTS) is 2. The van der Waals surface area contributed by atoms with Gasteiger partial charge in [-0.15, -0.1) is 0 Å². The van der Waals surface area contributed by atoms with Crippen LogP contribution in [0, 0.1) is 13.8 Å². The van der Waals surface area contributed by atoms with Crippen LogP contribution < -0.4 is 10.2 Å². The number of esters is 2. The SMILES string of the molecule is CC(C)OC(=O)/C=C/C(=O)[O-].CC(C)OC(=O)/C=C/C(=O)[O-].[CH2]CCC.[CH2]CCC.[Sn+2]. The van der Waals surface area contributed by atoms with Crippen LogP contribution in [-0.4, -0.2) is 60.0 Å². The Balaban J connectivity index is -0.000000106. The van der Waals surface area contributed by atoms with Gasteiger partial charge >= 0.3 is 35.8 Å². The number of hydrogen-bond acceptors (Lipinski definition) is 8.